The van der Waals surface area contributed by atoms with Crippen molar-refractivity contribution in [2.75, 3.05) is 13.2 Å². The molecule has 0 radical (unpaired) electrons. The lowest BCUT2D eigenvalue weighted by Crippen LogP contribution is -2.30. The summed E-state index contributed by atoms with van der Waals surface area (Å²) in [7, 11) is 0. The molecule has 0 aliphatic heterocycles. The van der Waals surface area contributed by atoms with Gasteiger partial charge in [-0.2, -0.15) is 0 Å². The second kappa shape index (κ2) is 43.5. The maximum Gasteiger partial charge on any atom is 0.306 e. The van der Waals surface area contributed by atoms with Crippen LogP contribution in [0.1, 0.15) is 279 Å². The fourth-order valence-corrected chi connectivity index (χ4v) is 7.76. The van der Waals surface area contributed by atoms with Crippen molar-refractivity contribution in [3.8, 4) is 0 Å². The van der Waals surface area contributed by atoms with E-state index in [-0.39, 0.29) is 31.1 Å². The molecular weight excluding hydrogens is 721 g/mol. The Morgan fingerprint density at radius 2 is 0.500 bits per heavy atom. The molecule has 0 aromatic rings. The normalized spacial score (nSPS) is 12.2. The number of ether oxygens (including phenoxy) is 3. The van der Waals surface area contributed by atoms with Crippen LogP contribution in [-0.2, 0) is 28.6 Å². The third kappa shape index (κ3) is 45.5. The molecule has 0 amide bonds. The van der Waals surface area contributed by atoms with Gasteiger partial charge >= 0.3 is 17.9 Å². The molecule has 0 aromatic heterocycles. The quantitative estimate of drug-likeness (QED) is 0.0346. The van der Waals surface area contributed by atoms with Crippen LogP contribution >= 0.6 is 0 Å². The molecule has 6 heteroatoms. The van der Waals surface area contributed by atoms with Gasteiger partial charge in [-0.25, -0.2) is 0 Å². The van der Waals surface area contributed by atoms with Gasteiger partial charge in [0.2, 0.25) is 0 Å². The van der Waals surface area contributed by atoms with E-state index < -0.39 is 6.10 Å². The van der Waals surface area contributed by atoms with Gasteiger partial charge < -0.3 is 14.2 Å². The fraction of sp³-hybridized carbons (Fsp3) is 0.942. The number of hydrogen-bond acceptors (Lipinski definition) is 6. The van der Waals surface area contributed by atoms with Crippen LogP contribution in [0.2, 0.25) is 0 Å². The van der Waals surface area contributed by atoms with Crippen molar-refractivity contribution < 1.29 is 28.6 Å². The van der Waals surface area contributed by atoms with Crippen LogP contribution in [-0.4, -0.2) is 37.2 Å². The lowest BCUT2D eigenvalue weighted by Gasteiger charge is -2.18. The molecule has 0 aliphatic carbocycles. The summed E-state index contributed by atoms with van der Waals surface area (Å²) in [6, 6.07) is 0. The van der Waals surface area contributed by atoms with Gasteiger partial charge in [0.25, 0.3) is 0 Å². The smallest absolute Gasteiger partial charge is 0.306 e. The van der Waals surface area contributed by atoms with E-state index in [1.165, 1.54) is 161 Å². The van der Waals surface area contributed by atoms with Gasteiger partial charge in [-0.15, -0.1) is 0 Å². The lowest BCUT2D eigenvalue weighted by atomic mass is 10.0. The van der Waals surface area contributed by atoms with Crippen LogP contribution in [0.4, 0.5) is 0 Å². The van der Waals surface area contributed by atoms with Gasteiger partial charge in [0, 0.05) is 19.3 Å². The molecule has 0 unspecified atom stereocenters. The summed E-state index contributed by atoms with van der Waals surface area (Å²) in [5, 5.41) is 0. The zero-order valence-electron chi connectivity index (χ0n) is 39.8. The highest BCUT2D eigenvalue weighted by Gasteiger charge is 2.19. The second-order valence-corrected chi connectivity index (χ2v) is 19.2. The standard InChI is InChI=1S/C52H100O6/c1-46(2)38-32-26-20-17-15-13-11-9-7-8-10-12-14-16-18-22-29-35-41-50(53)56-44-49(45-57-51(54)42-36-30-25-24-28-34-40-48(5)6)58-52(55)43-37-31-23-19-21-27-33-39-47(3)4/h46-49H,7-45H2,1-6H3/t49-/m0/s1. The van der Waals surface area contributed by atoms with E-state index in [4.69, 9.17) is 14.2 Å². The maximum absolute atomic E-state index is 12.7. The molecule has 0 saturated carbocycles. The monoisotopic (exact) mass is 821 g/mol. The number of esters is 3. The van der Waals surface area contributed by atoms with Crippen LogP contribution in [0.3, 0.4) is 0 Å². The van der Waals surface area contributed by atoms with Crippen molar-refractivity contribution in [1.29, 1.82) is 0 Å². The number of hydrogen-bond donors (Lipinski definition) is 0. The van der Waals surface area contributed by atoms with Gasteiger partial charge in [0.05, 0.1) is 0 Å². The number of carbonyl (C=O) groups is 3. The summed E-state index contributed by atoms with van der Waals surface area (Å²) in [6.07, 6.45) is 42.7. The first-order valence-corrected chi connectivity index (χ1v) is 25.6. The van der Waals surface area contributed by atoms with Crippen LogP contribution in [0.25, 0.3) is 0 Å². The van der Waals surface area contributed by atoms with Gasteiger partial charge in [-0.1, -0.05) is 241 Å². The van der Waals surface area contributed by atoms with Gasteiger partial charge in [0.15, 0.2) is 6.10 Å². The summed E-state index contributed by atoms with van der Waals surface area (Å²) in [5.41, 5.74) is 0. The van der Waals surface area contributed by atoms with Crippen molar-refractivity contribution in [3.05, 3.63) is 0 Å². The summed E-state index contributed by atoms with van der Waals surface area (Å²) in [5.74, 6) is 1.54. The minimum atomic E-state index is -0.763. The second-order valence-electron chi connectivity index (χ2n) is 19.2. The predicted octanol–water partition coefficient (Wildman–Crippen LogP) is 16.4. The minimum Gasteiger partial charge on any atom is -0.462 e. The average Bonchev–Trinajstić information content (AvgIpc) is 3.18. The van der Waals surface area contributed by atoms with Gasteiger partial charge in [0.1, 0.15) is 13.2 Å². The highest BCUT2D eigenvalue weighted by Crippen LogP contribution is 2.17. The number of rotatable bonds is 45. The van der Waals surface area contributed by atoms with Crippen LogP contribution in [0.5, 0.6) is 0 Å². The molecule has 344 valence electrons. The zero-order valence-corrected chi connectivity index (χ0v) is 39.8. The Morgan fingerprint density at radius 1 is 0.293 bits per heavy atom. The highest BCUT2D eigenvalue weighted by molar-refractivity contribution is 5.71. The number of carbonyl (C=O) groups excluding carboxylic acids is 3. The Labute approximate surface area is 361 Å². The largest absolute Gasteiger partial charge is 0.462 e. The summed E-state index contributed by atoms with van der Waals surface area (Å²) >= 11 is 0. The van der Waals surface area contributed by atoms with Crippen molar-refractivity contribution in [1.82, 2.24) is 0 Å². The van der Waals surface area contributed by atoms with E-state index in [0.717, 1.165) is 75.5 Å². The van der Waals surface area contributed by atoms with E-state index >= 15 is 0 Å². The first-order valence-electron chi connectivity index (χ1n) is 25.6. The van der Waals surface area contributed by atoms with Gasteiger partial charge in [-0.05, 0) is 37.0 Å². The summed E-state index contributed by atoms with van der Waals surface area (Å²) in [4.78, 5) is 37.8. The molecule has 0 saturated heterocycles. The first kappa shape index (κ1) is 56.4. The highest BCUT2D eigenvalue weighted by atomic mass is 16.6. The van der Waals surface area contributed by atoms with Crippen LogP contribution in [0, 0.1) is 17.8 Å². The van der Waals surface area contributed by atoms with E-state index in [9.17, 15) is 14.4 Å². The lowest BCUT2D eigenvalue weighted by molar-refractivity contribution is -0.167. The maximum atomic E-state index is 12.7. The minimum absolute atomic E-state index is 0.0662. The zero-order chi connectivity index (χ0) is 42.7. The first-order chi connectivity index (χ1) is 28.1. The van der Waals surface area contributed by atoms with E-state index in [2.05, 4.69) is 41.5 Å². The predicted molar refractivity (Wildman–Crippen MR) is 247 cm³/mol. The number of unbranched alkanes of at least 4 members (excludes halogenated alkanes) is 28. The average molecular weight is 821 g/mol. The fourth-order valence-electron chi connectivity index (χ4n) is 7.76. The third-order valence-corrected chi connectivity index (χ3v) is 11.6. The molecule has 0 heterocycles. The van der Waals surface area contributed by atoms with Crippen molar-refractivity contribution in [3.63, 3.8) is 0 Å². The molecule has 58 heavy (non-hydrogen) atoms. The van der Waals surface area contributed by atoms with E-state index in [1.54, 1.807) is 0 Å². The van der Waals surface area contributed by atoms with Gasteiger partial charge in [-0.3, -0.25) is 14.4 Å². The molecule has 0 aliphatic rings. The van der Waals surface area contributed by atoms with E-state index in [1.807, 2.05) is 0 Å². The Kier molecular flexibility index (Phi) is 42.3. The Bertz CT molecular complexity index is 898. The van der Waals surface area contributed by atoms with Crippen molar-refractivity contribution >= 4 is 17.9 Å². The third-order valence-electron chi connectivity index (χ3n) is 11.6. The SMILES string of the molecule is CC(C)CCCCCCCCCCCCCCCCCCCCC(=O)OC[C@@H](COC(=O)CCCCCCCCC(C)C)OC(=O)CCCCCCCCCC(C)C. The molecule has 1 atom stereocenters. The molecule has 0 N–H and O–H groups in total. The molecule has 0 bridgehead atoms. The molecule has 0 rings (SSSR count). The van der Waals surface area contributed by atoms with Crippen molar-refractivity contribution in [2.24, 2.45) is 17.8 Å². The van der Waals surface area contributed by atoms with Crippen molar-refractivity contribution in [2.45, 2.75) is 285 Å². The molecule has 6 nitrogen and oxygen atoms in total. The topological polar surface area (TPSA) is 78.9 Å². The van der Waals surface area contributed by atoms with Crippen LogP contribution < -0.4 is 0 Å². The Morgan fingerprint density at radius 3 is 0.741 bits per heavy atom. The Balaban J connectivity index is 4.15. The molecule has 0 aromatic carbocycles. The Hall–Kier alpha value is -1.59. The van der Waals surface area contributed by atoms with E-state index in [0.29, 0.717) is 19.3 Å². The summed E-state index contributed by atoms with van der Waals surface area (Å²) in [6.45, 7) is 13.6. The molecule has 0 fully saturated rings. The molecule has 0 spiro atoms. The van der Waals surface area contributed by atoms with Crippen LogP contribution in [0.15, 0.2) is 0 Å². The summed E-state index contributed by atoms with van der Waals surface area (Å²) < 4.78 is 16.7. The molecular formula is C52H100O6.